The van der Waals surface area contributed by atoms with Crippen molar-refractivity contribution in [3.63, 3.8) is 0 Å². The van der Waals surface area contributed by atoms with E-state index in [-0.39, 0.29) is 5.82 Å². The SMILES string of the molecule is CSCCCC(CNC1CC1)Cc1cccc(F)c1. The number of thioether (sulfide) groups is 1. The minimum absolute atomic E-state index is 0.115. The van der Waals surface area contributed by atoms with Crippen LogP contribution in [0.25, 0.3) is 0 Å². The maximum atomic E-state index is 13.2. The highest BCUT2D eigenvalue weighted by atomic mass is 32.2. The lowest BCUT2D eigenvalue weighted by atomic mass is 9.95. The summed E-state index contributed by atoms with van der Waals surface area (Å²) in [6.45, 7) is 1.08. The van der Waals surface area contributed by atoms with Gasteiger partial charge in [-0.2, -0.15) is 11.8 Å². The second-order valence-corrected chi connectivity index (χ2v) is 6.50. The van der Waals surface area contributed by atoms with Crippen molar-refractivity contribution in [2.24, 2.45) is 5.92 Å². The molecule has 1 N–H and O–H groups in total. The Kier molecular flexibility index (Phi) is 6.18. The Morgan fingerprint density at radius 2 is 2.26 bits per heavy atom. The number of nitrogens with one attached hydrogen (secondary N) is 1. The van der Waals surface area contributed by atoms with E-state index in [1.54, 1.807) is 6.07 Å². The number of hydrogen-bond donors (Lipinski definition) is 1. The molecule has 3 heteroatoms. The van der Waals surface area contributed by atoms with E-state index >= 15 is 0 Å². The minimum Gasteiger partial charge on any atom is -0.314 e. The van der Waals surface area contributed by atoms with Crippen molar-refractivity contribution >= 4 is 11.8 Å². The van der Waals surface area contributed by atoms with Crippen LogP contribution in [0.2, 0.25) is 0 Å². The molecule has 1 fully saturated rings. The van der Waals surface area contributed by atoms with E-state index in [0.717, 1.165) is 24.6 Å². The first-order valence-corrected chi connectivity index (χ1v) is 8.64. The fourth-order valence-corrected chi connectivity index (χ4v) is 2.87. The van der Waals surface area contributed by atoms with E-state index in [1.165, 1.54) is 37.5 Å². The Labute approximate surface area is 120 Å². The van der Waals surface area contributed by atoms with Gasteiger partial charge in [0, 0.05) is 6.04 Å². The largest absolute Gasteiger partial charge is 0.314 e. The van der Waals surface area contributed by atoms with Crippen LogP contribution in [0.15, 0.2) is 24.3 Å². The van der Waals surface area contributed by atoms with E-state index in [0.29, 0.717) is 5.92 Å². The molecule has 0 spiro atoms. The molecule has 1 aliphatic rings. The molecule has 1 aliphatic carbocycles. The maximum Gasteiger partial charge on any atom is 0.123 e. The molecule has 0 radical (unpaired) electrons. The molecule has 19 heavy (non-hydrogen) atoms. The molecule has 1 aromatic carbocycles. The zero-order chi connectivity index (χ0) is 13.5. The lowest BCUT2D eigenvalue weighted by molar-refractivity contribution is 0.438. The summed E-state index contributed by atoms with van der Waals surface area (Å²) < 4.78 is 13.2. The van der Waals surface area contributed by atoms with Crippen molar-refractivity contribution < 1.29 is 4.39 Å². The Morgan fingerprint density at radius 3 is 2.95 bits per heavy atom. The Bertz CT molecular complexity index is 379. The van der Waals surface area contributed by atoms with Gasteiger partial charge in [-0.3, -0.25) is 0 Å². The summed E-state index contributed by atoms with van der Waals surface area (Å²) in [5, 5.41) is 3.62. The molecule has 0 bridgehead atoms. The van der Waals surface area contributed by atoms with Gasteiger partial charge in [0.05, 0.1) is 0 Å². The molecular formula is C16H24FNS. The van der Waals surface area contributed by atoms with Gasteiger partial charge in [-0.05, 0) is 74.3 Å². The summed E-state index contributed by atoms with van der Waals surface area (Å²) in [4.78, 5) is 0. The minimum atomic E-state index is -0.115. The lowest BCUT2D eigenvalue weighted by Gasteiger charge is -2.17. The molecule has 1 unspecified atom stereocenters. The molecule has 0 aliphatic heterocycles. The van der Waals surface area contributed by atoms with E-state index in [1.807, 2.05) is 23.9 Å². The Hall–Kier alpha value is -0.540. The van der Waals surface area contributed by atoms with Crippen LogP contribution in [-0.4, -0.2) is 24.6 Å². The van der Waals surface area contributed by atoms with Gasteiger partial charge < -0.3 is 5.32 Å². The summed E-state index contributed by atoms with van der Waals surface area (Å²) in [5.74, 6) is 1.74. The van der Waals surface area contributed by atoms with Crippen LogP contribution in [0.3, 0.4) is 0 Å². The first-order chi connectivity index (χ1) is 9.28. The highest BCUT2D eigenvalue weighted by molar-refractivity contribution is 7.98. The van der Waals surface area contributed by atoms with E-state index in [4.69, 9.17) is 0 Å². The van der Waals surface area contributed by atoms with Crippen LogP contribution < -0.4 is 5.32 Å². The van der Waals surface area contributed by atoms with Crippen LogP contribution >= 0.6 is 11.8 Å². The second kappa shape index (κ2) is 7.91. The summed E-state index contributed by atoms with van der Waals surface area (Å²) in [5.41, 5.74) is 1.13. The first-order valence-electron chi connectivity index (χ1n) is 7.24. The van der Waals surface area contributed by atoms with E-state index in [9.17, 15) is 4.39 Å². The van der Waals surface area contributed by atoms with Crippen molar-refractivity contribution in [3.05, 3.63) is 35.6 Å². The highest BCUT2D eigenvalue weighted by Crippen LogP contribution is 2.21. The predicted molar refractivity (Wildman–Crippen MR) is 82.2 cm³/mol. The molecule has 0 aromatic heterocycles. The fourth-order valence-electron chi connectivity index (χ4n) is 2.41. The third-order valence-corrected chi connectivity index (χ3v) is 4.34. The third kappa shape index (κ3) is 5.96. The number of rotatable bonds is 9. The second-order valence-electron chi connectivity index (χ2n) is 5.52. The fraction of sp³-hybridized carbons (Fsp3) is 0.625. The zero-order valence-corrected chi connectivity index (χ0v) is 12.5. The van der Waals surface area contributed by atoms with Gasteiger partial charge in [-0.15, -0.1) is 0 Å². The van der Waals surface area contributed by atoms with Crippen LogP contribution in [0.5, 0.6) is 0 Å². The average molecular weight is 281 g/mol. The molecule has 1 aromatic rings. The van der Waals surface area contributed by atoms with Gasteiger partial charge in [0.25, 0.3) is 0 Å². The van der Waals surface area contributed by atoms with Crippen LogP contribution in [-0.2, 0) is 6.42 Å². The van der Waals surface area contributed by atoms with Crippen molar-refractivity contribution in [2.75, 3.05) is 18.6 Å². The standard InChI is InChI=1S/C16H24FNS/c1-19-9-3-5-14(12-18-16-7-8-16)10-13-4-2-6-15(17)11-13/h2,4,6,11,14,16,18H,3,5,7-10,12H2,1H3. The quantitative estimate of drug-likeness (QED) is 0.689. The molecular weight excluding hydrogens is 257 g/mol. The van der Waals surface area contributed by atoms with Gasteiger partial charge in [0.1, 0.15) is 5.82 Å². The van der Waals surface area contributed by atoms with Gasteiger partial charge >= 0.3 is 0 Å². The van der Waals surface area contributed by atoms with Gasteiger partial charge in [0.15, 0.2) is 0 Å². The highest BCUT2D eigenvalue weighted by Gasteiger charge is 2.21. The van der Waals surface area contributed by atoms with Crippen molar-refractivity contribution in [2.45, 2.75) is 38.1 Å². The molecule has 1 atom stereocenters. The van der Waals surface area contributed by atoms with Crippen molar-refractivity contribution in [1.29, 1.82) is 0 Å². The summed E-state index contributed by atoms with van der Waals surface area (Å²) in [6.07, 6.45) is 8.30. The topological polar surface area (TPSA) is 12.0 Å². The normalized spacial score (nSPS) is 16.5. The molecule has 1 nitrogen and oxygen atoms in total. The summed E-state index contributed by atoms with van der Waals surface area (Å²) in [7, 11) is 0. The summed E-state index contributed by atoms with van der Waals surface area (Å²) >= 11 is 1.91. The van der Waals surface area contributed by atoms with Crippen molar-refractivity contribution in [3.8, 4) is 0 Å². The van der Waals surface area contributed by atoms with Gasteiger partial charge in [-0.1, -0.05) is 12.1 Å². The first kappa shape index (κ1) is 14.9. The smallest absolute Gasteiger partial charge is 0.123 e. The maximum absolute atomic E-state index is 13.2. The molecule has 0 amide bonds. The average Bonchev–Trinajstić information content (AvgIpc) is 3.20. The third-order valence-electron chi connectivity index (χ3n) is 3.65. The molecule has 0 heterocycles. The van der Waals surface area contributed by atoms with Crippen molar-refractivity contribution in [1.82, 2.24) is 5.32 Å². The Morgan fingerprint density at radius 1 is 1.42 bits per heavy atom. The van der Waals surface area contributed by atoms with Crippen LogP contribution in [0.1, 0.15) is 31.2 Å². The lowest BCUT2D eigenvalue weighted by Crippen LogP contribution is -2.26. The molecule has 2 rings (SSSR count). The molecule has 1 saturated carbocycles. The van der Waals surface area contributed by atoms with E-state index < -0.39 is 0 Å². The number of benzene rings is 1. The predicted octanol–water partition coefficient (Wildman–Crippen LogP) is 3.88. The zero-order valence-electron chi connectivity index (χ0n) is 11.7. The number of halogens is 1. The van der Waals surface area contributed by atoms with E-state index in [2.05, 4.69) is 11.6 Å². The van der Waals surface area contributed by atoms with Gasteiger partial charge in [0.2, 0.25) is 0 Å². The van der Waals surface area contributed by atoms with Crippen LogP contribution in [0.4, 0.5) is 4.39 Å². The Balaban J connectivity index is 1.83. The van der Waals surface area contributed by atoms with Crippen LogP contribution in [0, 0.1) is 11.7 Å². The molecule has 106 valence electrons. The summed E-state index contributed by atoms with van der Waals surface area (Å²) in [6, 6.07) is 7.82. The molecule has 0 saturated heterocycles. The number of hydrogen-bond acceptors (Lipinski definition) is 2. The van der Waals surface area contributed by atoms with Gasteiger partial charge in [-0.25, -0.2) is 4.39 Å². The monoisotopic (exact) mass is 281 g/mol.